The fourth-order valence-corrected chi connectivity index (χ4v) is 3.28. The molecule has 4 aromatic rings. The number of hydrogen-bond acceptors (Lipinski definition) is 5. The zero-order valence-corrected chi connectivity index (χ0v) is 19.9. The Labute approximate surface area is 213 Å². The summed E-state index contributed by atoms with van der Waals surface area (Å²) in [6.07, 6.45) is -3.50. The molecule has 9 nitrogen and oxygen atoms in total. The van der Waals surface area contributed by atoms with Gasteiger partial charge in [0.1, 0.15) is 11.6 Å². The van der Waals surface area contributed by atoms with Crippen LogP contribution in [0.2, 0.25) is 0 Å². The van der Waals surface area contributed by atoms with E-state index < -0.39 is 35.3 Å². The lowest BCUT2D eigenvalue weighted by molar-refractivity contribution is -0.141. The number of urea groups is 1. The third kappa shape index (κ3) is 5.88. The minimum absolute atomic E-state index is 0.191. The second-order valence-electron chi connectivity index (χ2n) is 7.92. The molecule has 3 amide bonds. The number of benzene rings is 2. The van der Waals surface area contributed by atoms with E-state index in [-0.39, 0.29) is 23.0 Å². The number of nitrogens with one attached hydrogen (secondary N) is 3. The van der Waals surface area contributed by atoms with E-state index >= 15 is 0 Å². The second kappa shape index (κ2) is 10.6. The van der Waals surface area contributed by atoms with Crippen molar-refractivity contribution in [1.82, 2.24) is 20.1 Å². The Balaban J connectivity index is 1.47. The van der Waals surface area contributed by atoms with Crippen molar-refractivity contribution in [2.24, 2.45) is 0 Å². The molecule has 2 heterocycles. The summed E-state index contributed by atoms with van der Waals surface area (Å²) in [5, 5.41) is 10.7. The monoisotopic (exact) mass is 528 g/mol. The van der Waals surface area contributed by atoms with Crippen LogP contribution >= 0.6 is 0 Å². The number of hydrogen-bond donors (Lipinski definition) is 3. The van der Waals surface area contributed by atoms with E-state index in [1.165, 1.54) is 43.6 Å². The minimum Gasteiger partial charge on any atom is -0.454 e. The fraction of sp³-hybridized carbons (Fsp3) is 0.120. The van der Waals surface area contributed by atoms with Crippen LogP contribution in [0.25, 0.3) is 5.69 Å². The number of amides is 3. The van der Waals surface area contributed by atoms with Crippen molar-refractivity contribution in [3.8, 4) is 17.2 Å². The molecule has 0 atom stereocenters. The van der Waals surface area contributed by atoms with Crippen LogP contribution in [-0.4, -0.2) is 33.8 Å². The molecule has 0 bridgehead atoms. The van der Waals surface area contributed by atoms with Crippen LogP contribution in [0.15, 0.2) is 66.9 Å². The van der Waals surface area contributed by atoms with Crippen molar-refractivity contribution >= 4 is 23.4 Å². The maximum Gasteiger partial charge on any atom is 0.435 e. The number of carbonyl (C=O) groups is 2. The Hall–Kier alpha value is -4.94. The van der Waals surface area contributed by atoms with E-state index in [1.54, 1.807) is 24.3 Å². The molecule has 0 unspecified atom stereocenters. The Kier molecular flexibility index (Phi) is 7.28. The van der Waals surface area contributed by atoms with Crippen LogP contribution in [0, 0.1) is 12.7 Å². The van der Waals surface area contributed by atoms with Crippen molar-refractivity contribution in [3.05, 3.63) is 89.6 Å². The number of anilines is 2. The van der Waals surface area contributed by atoms with E-state index in [4.69, 9.17) is 4.74 Å². The molecule has 0 spiro atoms. The normalized spacial score (nSPS) is 11.1. The lowest BCUT2D eigenvalue weighted by Crippen LogP contribution is -2.21. The smallest absolute Gasteiger partial charge is 0.435 e. The molecule has 13 heteroatoms. The predicted molar refractivity (Wildman–Crippen MR) is 130 cm³/mol. The summed E-state index contributed by atoms with van der Waals surface area (Å²) in [6, 6.07) is 13.4. The largest absolute Gasteiger partial charge is 0.454 e. The van der Waals surface area contributed by atoms with Gasteiger partial charge in [0, 0.05) is 31.1 Å². The SMILES string of the molecule is CNC(=O)c1nccc(Oc2ccc(NC(=O)Nc3cc(C(F)(F)F)nn3-c3ccc(C)cc3)cc2)c1F. The number of rotatable bonds is 6. The van der Waals surface area contributed by atoms with Crippen molar-refractivity contribution in [3.63, 3.8) is 0 Å². The van der Waals surface area contributed by atoms with Gasteiger partial charge in [-0.3, -0.25) is 10.1 Å². The van der Waals surface area contributed by atoms with E-state index in [9.17, 15) is 27.2 Å². The predicted octanol–water partition coefficient (Wildman–Crippen LogP) is 5.53. The number of alkyl halides is 3. The van der Waals surface area contributed by atoms with Gasteiger partial charge in [-0.2, -0.15) is 18.3 Å². The molecule has 0 aliphatic carbocycles. The molecule has 0 aliphatic rings. The first-order valence-electron chi connectivity index (χ1n) is 11.0. The standard InChI is InChI=1S/C25H20F4N6O3/c1-14-3-7-16(8-4-14)35-20(13-19(34-35)25(27,28)29)33-24(37)32-15-5-9-17(10-6-15)38-18-11-12-31-22(21(18)26)23(36)30-2/h3-13H,1-2H3,(H,30,36)(H2,32,33,37). The van der Waals surface area contributed by atoms with Crippen LogP contribution in [0.4, 0.5) is 33.9 Å². The quantitative estimate of drug-likeness (QED) is 0.285. The second-order valence-corrected chi connectivity index (χ2v) is 7.92. The molecule has 3 N–H and O–H groups in total. The zero-order valence-electron chi connectivity index (χ0n) is 19.9. The molecule has 38 heavy (non-hydrogen) atoms. The number of aromatic nitrogens is 3. The van der Waals surface area contributed by atoms with Crippen LogP contribution in [0.1, 0.15) is 21.7 Å². The van der Waals surface area contributed by atoms with Gasteiger partial charge in [-0.1, -0.05) is 17.7 Å². The molecule has 0 radical (unpaired) electrons. The Morgan fingerprint density at radius 3 is 2.29 bits per heavy atom. The Morgan fingerprint density at radius 1 is 0.974 bits per heavy atom. The topological polar surface area (TPSA) is 110 Å². The lowest BCUT2D eigenvalue weighted by atomic mass is 10.2. The van der Waals surface area contributed by atoms with Crippen molar-refractivity contribution in [1.29, 1.82) is 0 Å². The van der Waals surface area contributed by atoms with Crippen molar-refractivity contribution < 1.29 is 31.9 Å². The van der Waals surface area contributed by atoms with Gasteiger partial charge < -0.3 is 15.4 Å². The molecule has 0 fully saturated rings. The third-order valence-electron chi connectivity index (χ3n) is 5.16. The van der Waals surface area contributed by atoms with Crippen LogP contribution < -0.4 is 20.7 Å². The molecule has 4 rings (SSSR count). The number of aryl methyl sites for hydroxylation is 1. The molecule has 2 aromatic carbocycles. The summed E-state index contributed by atoms with van der Waals surface area (Å²) < 4.78 is 60.8. The first-order chi connectivity index (χ1) is 18.0. The average Bonchev–Trinajstić information content (AvgIpc) is 3.30. The number of nitrogens with zero attached hydrogens (tertiary/aromatic N) is 3. The first-order valence-corrected chi connectivity index (χ1v) is 11.0. The Bertz CT molecular complexity index is 1470. The summed E-state index contributed by atoms with van der Waals surface area (Å²) in [7, 11) is 1.34. The number of ether oxygens (including phenoxy) is 1. The highest BCUT2D eigenvalue weighted by Gasteiger charge is 2.35. The third-order valence-corrected chi connectivity index (χ3v) is 5.16. The first kappa shape index (κ1) is 26.1. The lowest BCUT2D eigenvalue weighted by Gasteiger charge is -2.11. The molecule has 0 saturated heterocycles. The van der Waals surface area contributed by atoms with E-state index in [2.05, 4.69) is 26.0 Å². The average molecular weight is 528 g/mol. The fourth-order valence-electron chi connectivity index (χ4n) is 3.28. The highest BCUT2D eigenvalue weighted by Crippen LogP contribution is 2.31. The van der Waals surface area contributed by atoms with Gasteiger partial charge in [-0.15, -0.1) is 0 Å². The van der Waals surface area contributed by atoms with Crippen molar-refractivity contribution in [2.45, 2.75) is 13.1 Å². The van der Waals surface area contributed by atoms with E-state index in [0.717, 1.165) is 16.3 Å². The highest BCUT2D eigenvalue weighted by molar-refractivity contribution is 5.99. The molecule has 0 aliphatic heterocycles. The van der Waals surface area contributed by atoms with Gasteiger partial charge in [0.2, 0.25) is 0 Å². The van der Waals surface area contributed by atoms with Gasteiger partial charge in [0.05, 0.1) is 5.69 Å². The van der Waals surface area contributed by atoms with Crippen LogP contribution in [-0.2, 0) is 6.18 Å². The Morgan fingerprint density at radius 2 is 1.66 bits per heavy atom. The van der Waals surface area contributed by atoms with Gasteiger partial charge in [-0.25, -0.2) is 18.9 Å². The maximum absolute atomic E-state index is 14.5. The molecular formula is C25H20F4N6O3. The van der Waals surface area contributed by atoms with Gasteiger partial charge in [0.15, 0.2) is 23.0 Å². The molecular weight excluding hydrogens is 508 g/mol. The summed E-state index contributed by atoms with van der Waals surface area (Å²) in [5.74, 6) is -1.90. The van der Waals surface area contributed by atoms with Crippen LogP contribution in [0.3, 0.4) is 0 Å². The molecule has 2 aromatic heterocycles. The summed E-state index contributed by atoms with van der Waals surface area (Å²) in [6.45, 7) is 1.83. The van der Waals surface area contributed by atoms with Crippen molar-refractivity contribution in [2.75, 3.05) is 17.7 Å². The minimum atomic E-state index is -4.71. The summed E-state index contributed by atoms with van der Waals surface area (Å²) >= 11 is 0. The maximum atomic E-state index is 14.5. The van der Waals surface area contributed by atoms with E-state index in [0.29, 0.717) is 5.69 Å². The molecule has 196 valence electrons. The van der Waals surface area contributed by atoms with Crippen LogP contribution in [0.5, 0.6) is 11.5 Å². The summed E-state index contributed by atoms with van der Waals surface area (Å²) in [4.78, 5) is 28.0. The van der Waals surface area contributed by atoms with Gasteiger partial charge >= 0.3 is 12.2 Å². The summed E-state index contributed by atoms with van der Waals surface area (Å²) in [5.41, 5.74) is -0.106. The number of carbonyl (C=O) groups excluding carboxylic acids is 2. The van der Waals surface area contributed by atoms with Gasteiger partial charge in [-0.05, 0) is 43.3 Å². The van der Waals surface area contributed by atoms with Gasteiger partial charge in [0.25, 0.3) is 5.91 Å². The van der Waals surface area contributed by atoms with E-state index in [1.807, 2.05) is 6.92 Å². The number of halogens is 4. The zero-order chi connectivity index (χ0) is 27.4. The number of pyridine rings is 1. The molecule has 0 saturated carbocycles. The highest BCUT2D eigenvalue weighted by atomic mass is 19.4.